The van der Waals surface area contributed by atoms with Crippen LogP contribution in [-0.4, -0.2) is 99.9 Å². The second-order valence-corrected chi connectivity index (χ2v) is 7.14. The Morgan fingerprint density at radius 3 is 2.76 bits per heavy atom. The molecule has 1 atom stereocenters. The third-order valence-corrected chi connectivity index (χ3v) is 4.96. The van der Waals surface area contributed by atoms with Gasteiger partial charge in [-0.2, -0.15) is 0 Å². The predicted molar refractivity (Wildman–Crippen MR) is 106 cm³/mol. The molecule has 2 saturated heterocycles. The molecule has 0 aliphatic carbocycles. The van der Waals surface area contributed by atoms with E-state index in [0.717, 1.165) is 18.7 Å². The maximum atomic E-state index is 11.4. The van der Waals surface area contributed by atoms with Crippen LogP contribution in [0.3, 0.4) is 0 Å². The van der Waals surface area contributed by atoms with Crippen molar-refractivity contribution in [2.75, 3.05) is 72.8 Å². The van der Waals surface area contributed by atoms with E-state index in [2.05, 4.69) is 10.2 Å². The molecule has 0 bridgehead atoms. The number of nitrogens with one attached hydrogen (secondary N) is 1. The van der Waals surface area contributed by atoms with Gasteiger partial charge in [-0.1, -0.05) is 6.07 Å². The first-order valence-electron chi connectivity index (χ1n) is 10.1. The third kappa shape index (κ3) is 6.74. The van der Waals surface area contributed by atoms with Crippen molar-refractivity contribution in [3.8, 4) is 11.5 Å². The average Bonchev–Trinajstić information content (AvgIpc) is 3.15. The molecule has 0 aromatic heterocycles. The van der Waals surface area contributed by atoms with Gasteiger partial charge in [0.1, 0.15) is 19.3 Å². The van der Waals surface area contributed by atoms with E-state index in [1.165, 1.54) is 0 Å². The highest BCUT2D eigenvalue weighted by Gasteiger charge is 2.20. The monoisotopic (exact) mass is 409 g/mol. The summed E-state index contributed by atoms with van der Waals surface area (Å²) in [6.07, 6.45) is -0.817. The van der Waals surface area contributed by atoms with Crippen molar-refractivity contribution in [2.45, 2.75) is 12.6 Å². The standard InChI is InChI=1S/C20H31N3O6/c1-26-19-12-16(13-21-4-5-23-8-11-28-20(23)25)2-3-18(19)29-15-17(24)14-22-6-9-27-10-7-22/h2-3,12,17,21,24H,4-11,13-15H2,1H3/t17-/m1/s1. The Balaban J connectivity index is 1.41. The fourth-order valence-corrected chi connectivity index (χ4v) is 3.34. The van der Waals surface area contributed by atoms with Gasteiger partial charge in [-0.15, -0.1) is 0 Å². The van der Waals surface area contributed by atoms with E-state index in [1.54, 1.807) is 12.0 Å². The molecule has 0 saturated carbocycles. The molecule has 1 aromatic carbocycles. The van der Waals surface area contributed by atoms with Crippen LogP contribution in [-0.2, 0) is 16.0 Å². The maximum absolute atomic E-state index is 11.4. The molecule has 2 N–H and O–H groups in total. The minimum Gasteiger partial charge on any atom is -0.493 e. The highest BCUT2D eigenvalue weighted by atomic mass is 16.6. The van der Waals surface area contributed by atoms with Crippen LogP contribution in [0.2, 0.25) is 0 Å². The maximum Gasteiger partial charge on any atom is 0.409 e. The molecular formula is C20H31N3O6. The van der Waals surface area contributed by atoms with E-state index in [4.69, 9.17) is 18.9 Å². The lowest BCUT2D eigenvalue weighted by molar-refractivity contribution is 0.00445. The summed E-state index contributed by atoms with van der Waals surface area (Å²) in [5.74, 6) is 1.24. The van der Waals surface area contributed by atoms with Crippen molar-refractivity contribution in [3.63, 3.8) is 0 Å². The fraction of sp³-hybridized carbons (Fsp3) is 0.650. The SMILES string of the molecule is COc1cc(CNCCN2CCOC2=O)ccc1OC[C@H](O)CN1CCOCC1. The van der Waals surface area contributed by atoms with Gasteiger partial charge in [0.25, 0.3) is 0 Å². The Bertz CT molecular complexity index is 653. The van der Waals surface area contributed by atoms with E-state index >= 15 is 0 Å². The van der Waals surface area contributed by atoms with Crippen LogP contribution in [0.1, 0.15) is 5.56 Å². The normalized spacial score (nSPS) is 18.6. The molecule has 0 radical (unpaired) electrons. The van der Waals surface area contributed by atoms with Gasteiger partial charge in [0, 0.05) is 39.3 Å². The number of cyclic esters (lactones) is 1. The van der Waals surface area contributed by atoms with Crippen molar-refractivity contribution < 1.29 is 28.8 Å². The first-order chi connectivity index (χ1) is 14.2. The summed E-state index contributed by atoms with van der Waals surface area (Å²) in [4.78, 5) is 15.3. The molecule has 1 amide bonds. The summed E-state index contributed by atoms with van der Waals surface area (Å²) in [6, 6.07) is 5.74. The van der Waals surface area contributed by atoms with Crippen molar-refractivity contribution in [2.24, 2.45) is 0 Å². The van der Waals surface area contributed by atoms with Crippen LogP contribution in [0.4, 0.5) is 4.79 Å². The Morgan fingerprint density at radius 1 is 1.21 bits per heavy atom. The molecule has 0 spiro atoms. The Morgan fingerprint density at radius 2 is 2.03 bits per heavy atom. The number of aliphatic hydroxyl groups is 1. The highest BCUT2D eigenvalue weighted by Crippen LogP contribution is 2.28. The van der Waals surface area contributed by atoms with Gasteiger partial charge >= 0.3 is 6.09 Å². The number of morpholine rings is 1. The number of nitrogens with zero attached hydrogens (tertiary/aromatic N) is 2. The van der Waals surface area contributed by atoms with Gasteiger partial charge in [0.2, 0.25) is 0 Å². The molecule has 29 heavy (non-hydrogen) atoms. The number of aliphatic hydroxyl groups excluding tert-OH is 1. The van der Waals surface area contributed by atoms with Crippen LogP contribution < -0.4 is 14.8 Å². The zero-order valence-electron chi connectivity index (χ0n) is 17.0. The zero-order chi connectivity index (χ0) is 20.5. The molecule has 2 fully saturated rings. The molecule has 2 aliphatic rings. The quantitative estimate of drug-likeness (QED) is 0.505. The summed E-state index contributed by atoms with van der Waals surface area (Å²) in [7, 11) is 1.60. The number of ether oxygens (including phenoxy) is 4. The number of rotatable bonds is 11. The number of hydrogen-bond donors (Lipinski definition) is 2. The van der Waals surface area contributed by atoms with Gasteiger partial charge < -0.3 is 34.3 Å². The van der Waals surface area contributed by atoms with E-state index in [1.807, 2.05) is 18.2 Å². The number of amides is 1. The van der Waals surface area contributed by atoms with Crippen LogP contribution in [0.25, 0.3) is 0 Å². The summed E-state index contributed by atoms with van der Waals surface area (Å²) in [5.41, 5.74) is 1.05. The number of benzene rings is 1. The minimum atomic E-state index is -0.573. The van der Waals surface area contributed by atoms with E-state index in [-0.39, 0.29) is 12.7 Å². The molecular weight excluding hydrogens is 378 g/mol. The van der Waals surface area contributed by atoms with Gasteiger partial charge in [-0.05, 0) is 17.7 Å². The van der Waals surface area contributed by atoms with E-state index in [0.29, 0.717) is 64.0 Å². The van der Waals surface area contributed by atoms with Gasteiger partial charge in [-0.25, -0.2) is 4.79 Å². The molecule has 9 heteroatoms. The molecule has 2 aliphatic heterocycles. The van der Waals surface area contributed by atoms with E-state index < -0.39 is 6.10 Å². The highest BCUT2D eigenvalue weighted by molar-refractivity contribution is 5.69. The lowest BCUT2D eigenvalue weighted by atomic mass is 10.2. The Labute approximate surface area is 171 Å². The van der Waals surface area contributed by atoms with Crippen LogP contribution >= 0.6 is 0 Å². The first kappa shape index (κ1) is 21.6. The number of methoxy groups -OCH3 is 1. The van der Waals surface area contributed by atoms with Crippen LogP contribution in [0.5, 0.6) is 11.5 Å². The summed E-state index contributed by atoms with van der Waals surface area (Å²) in [5, 5.41) is 13.6. The summed E-state index contributed by atoms with van der Waals surface area (Å²) >= 11 is 0. The van der Waals surface area contributed by atoms with Gasteiger partial charge in [-0.3, -0.25) is 4.90 Å². The molecule has 9 nitrogen and oxygen atoms in total. The van der Waals surface area contributed by atoms with Gasteiger partial charge in [0.15, 0.2) is 11.5 Å². The van der Waals surface area contributed by atoms with Gasteiger partial charge in [0.05, 0.1) is 26.9 Å². The topological polar surface area (TPSA) is 92.7 Å². The van der Waals surface area contributed by atoms with Crippen molar-refractivity contribution in [1.82, 2.24) is 15.1 Å². The predicted octanol–water partition coefficient (Wildman–Crippen LogP) is 0.309. The molecule has 2 heterocycles. The Hall–Kier alpha value is -2.07. The number of β-amino-alcohol motifs (C(OH)–C–C–N with tert-alkyl or cyclic N) is 1. The molecule has 0 unspecified atom stereocenters. The Kier molecular flexibility index (Phi) is 8.36. The van der Waals surface area contributed by atoms with Crippen molar-refractivity contribution in [3.05, 3.63) is 23.8 Å². The van der Waals surface area contributed by atoms with E-state index in [9.17, 15) is 9.90 Å². The number of carbonyl (C=O) groups is 1. The van der Waals surface area contributed by atoms with Crippen LogP contribution in [0, 0.1) is 0 Å². The zero-order valence-corrected chi connectivity index (χ0v) is 17.0. The second kappa shape index (κ2) is 11.2. The lowest BCUT2D eigenvalue weighted by Crippen LogP contribution is -2.42. The molecule has 162 valence electrons. The largest absolute Gasteiger partial charge is 0.493 e. The average molecular weight is 409 g/mol. The molecule has 3 rings (SSSR count). The minimum absolute atomic E-state index is 0.206. The smallest absolute Gasteiger partial charge is 0.409 e. The summed E-state index contributed by atoms with van der Waals surface area (Å²) < 4.78 is 21.4. The number of carbonyl (C=O) groups excluding carboxylic acids is 1. The first-order valence-corrected chi connectivity index (χ1v) is 10.1. The van der Waals surface area contributed by atoms with Crippen molar-refractivity contribution in [1.29, 1.82) is 0 Å². The van der Waals surface area contributed by atoms with Crippen LogP contribution in [0.15, 0.2) is 18.2 Å². The fourth-order valence-electron chi connectivity index (χ4n) is 3.34. The molecule has 1 aromatic rings. The lowest BCUT2D eigenvalue weighted by Gasteiger charge is -2.28. The third-order valence-electron chi connectivity index (χ3n) is 4.96. The second-order valence-electron chi connectivity index (χ2n) is 7.14. The number of hydrogen-bond acceptors (Lipinski definition) is 8. The summed E-state index contributed by atoms with van der Waals surface area (Å²) in [6.45, 7) is 6.94. The van der Waals surface area contributed by atoms with Crippen molar-refractivity contribution >= 4 is 6.09 Å².